The molecule has 1 amide bonds. The molecule has 2 aromatic heterocycles. The van der Waals surface area contributed by atoms with Crippen LogP contribution >= 0.6 is 0 Å². The van der Waals surface area contributed by atoms with Crippen molar-refractivity contribution in [3.8, 4) is 11.6 Å². The number of amides is 1. The van der Waals surface area contributed by atoms with E-state index in [1.165, 1.54) is 4.90 Å². The number of benzene rings is 1. The second kappa shape index (κ2) is 12.7. The van der Waals surface area contributed by atoms with Crippen LogP contribution in [0.5, 0.6) is 5.75 Å². The van der Waals surface area contributed by atoms with Crippen LogP contribution in [0.2, 0.25) is 18.1 Å². The molecule has 1 aromatic carbocycles. The van der Waals surface area contributed by atoms with Crippen molar-refractivity contribution in [1.29, 1.82) is 0 Å². The fraction of sp³-hybridized carbons (Fsp3) is 0.556. The van der Waals surface area contributed by atoms with Crippen molar-refractivity contribution in [2.24, 2.45) is 0 Å². The lowest BCUT2D eigenvalue weighted by atomic mass is 9.77. The molecule has 1 N–H and O–H groups in total. The topological polar surface area (TPSA) is 95.3 Å². The van der Waals surface area contributed by atoms with Crippen molar-refractivity contribution >= 4 is 27.0 Å². The first-order chi connectivity index (χ1) is 21.8. The molecule has 0 radical (unpaired) electrons. The molecule has 2 atom stereocenters. The number of fused-ring (bicyclic) bond motifs is 1. The lowest BCUT2D eigenvalue weighted by molar-refractivity contribution is 0.00578. The van der Waals surface area contributed by atoms with Gasteiger partial charge in [0.2, 0.25) is 0 Å². The van der Waals surface area contributed by atoms with Crippen molar-refractivity contribution in [2.75, 3.05) is 13.1 Å². The van der Waals surface area contributed by atoms with E-state index in [9.17, 15) is 9.90 Å². The molecular weight excluding hydrogens is 609 g/mol. The summed E-state index contributed by atoms with van der Waals surface area (Å²) in [6.45, 7) is 23.7. The number of ether oxygens (including phenoxy) is 1. The van der Waals surface area contributed by atoms with Gasteiger partial charge in [-0.25, -0.2) is 9.78 Å². The Bertz CT molecular complexity index is 1560. The van der Waals surface area contributed by atoms with Gasteiger partial charge in [-0.3, -0.25) is 0 Å². The molecule has 0 saturated carbocycles. The number of aromatic nitrogens is 2. The highest BCUT2D eigenvalue weighted by Crippen LogP contribution is 2.40. The normalized spacial score (nSPS) is 19.6. The lowest BCUT2D eigenvalue weighted by Crippen LogP contribution is -2.47. The minimum absolute atomic E-state index is 0.0544. The molecule has 0 bridgehead atoms. The van der Waals surface area contributed by atoms with Crippen molar-refractivity contribution < 1.29 is 28.4 Å². The van der Waals surface area contributed by atoms with Crippen molar-refractivity contribution in [3.05, 3.63) is 71.2 Å². The second-order valence-corrected chi connectivity index (χ2v) is 20.4. The molecule has 0 aliphatic carbocycles. The summed E-state index contributed by atoms with van der Waals surface area (Å²) in [7, 11) is -2.72. The Labute approximate surface area is 281 Å². The Hall–Kier alpha value is -3.12. The van der Waals surface area contributed by atoms with Crippen LogP contribution in [0.25, 0.3) is 5.82 Å². The SMILES string of the molecule is Cc1ccc(C)n1-c1ccc([C@H](CN(C[C@H]2CCc3cc(B4OC(C)(C)C(C)(C)O4)ccc3O2)C(=O)O)O[Si](C)(C)C(C)(C)C)cn1. The second-order valence-electron chi connectivity index (χ2n) is 15.7. The third-order valence-electron chi connectivity index (χ3n) is 10.6. The van der Waals surface area contributed by atoms with Crippen molar-refractivity contribution in [1.82, 2.24) is 14.5 Å². The fourth-order valence-electron chi connectivity index (χ4n) is 5.89. The largest absolute Gasteiger partial charge is 0.494 e. The number of nitrogens with zero attached hydrogens (tertiary/aromatic N) is 3. The maximum atomic E-state index is 12.7. The van der Waals surface area contributed by atoms with E-state index < -0.39 is 38.8 Å². The number of rotatable bonds is 9. The van der Waals surface area contributed by atoms with Crippen LogP contribution in [0.3, 0.4) is 0 Å². The molecule has 5 rings (SSSR count). The zero-order chi connectivity index (χ0) is 34.5. The Morgan fingerprint density at radius 1 is 1.09 bits per heavy atom. The van der Waals surface area contributed by atoms with Crippen LogP contribution in [-0.4, -0.2) is 71.5 Å². The Kier molecular flexibility index (Phi) is 9.53. The predicted molar refractivity (Wildman–Crippen MR) is 189 cm³/mol. The molecule has 0 spiro atoms. The van der Waals surface area contributed by atoms with Gasteiger partial charge in [-0.05, 0) is 113 Å². The summed E-state index contributed by atoms with van der Waals surface area (Å²) in [5.74, 6) is 1.60. The average Bonchev–Trinajstić information content (AvgIpc) is 3.43. The summed E-state index contributed by atoms with van der Waals surface area (Å²) in [6, 6.07) is 14.2. The van der Waals surface area contributed by atoms with E-state index in [4.69, 9.17) is 23.5 Å². The molecule has 4 heterocycles. The average molecular weight is 662 g/mol. The summed E-state index contributed by atoms with van der Waals surface area (Å²) in [5, 5.41) is 10.4. The number of hydrogen-bond donors (Lipinski definition) is 1. The zero-order valence-electron chi connectivity index (χ0n) is 30.0. The number of carbonyl (C=O) groups is 1. The third kappa shape index (κ3) is 7.33. The van der Waals surface area contributed by atoms with Gasteiger partial charge < -0.3 is 33.0 Å². The molecule has 9 nitrogen and oxygen atoms in total. The number of carboxylic acid groups (broad SMARTS) is 1. The van der Waals surface area contributed by atoms with Gasteiger partial charge in [0.1, 0.15) is 17.7 Å². The van der Waals surface area contributed by atoms with Crippen molar-refractivity contribution in [2.45, 2.75) is 117 Å². The van der Waals surface area contributed by atoms with E-state index in [0.717, 1.165) is 46.0 Å². The quantitative estimate of drug-likeness (QED) is 0.242. The smallest absolute Gasteiger partial charge is 0.488 e. The van der Waals surface area contributed by atoms with Gasteiger partial charge >= 0.3 is 13.2 Å². The lowest BCUT2D eigenvalue weighted by Gasteiger charge is -2.40. The van der Waals surface area contributed by atoms with Gasteiger partial charge in [-0.2, -0.15) is 0 Å². The zero-order valence-corrected chi connectivity index (χ0v) is 31.0. The fourth-order valence-corrected chi connectivity index (χ4v) is 7.16. The predicted octanol–water partition coefficient (Wildman–Crippen LogP) is 7.23. The molecule has 2 aliphatic heterocycles. The van der Waals surface area contributed by atoms with Gasteiger partial charge in [0.15, 0.2) is 8.32 Å². The summed E-state index contributed by atoms with van der Waals surface area (Å²) in [5.41, 5.74) is 4.27. The van der Waals surface area contributed by atoms with E-state index in [1.54, 1.807) is 0 Å². The van der Waals surface area contributed by atoms with E-state index >= 15 is 0 Å². The molecule has 1 fully saturated rings. The first-order valence-electron chi connectivity index (χ1n) is 16.7. The third-order valence-corrected chi connectivity index (χ3v) is 15.1. The van der Waals surface area contributed by atoms with Gasteiger partial charge in [-0.15, -0.1) is 0 Å². The Morgan fingerprint density at radius 2 is 1.72 bits per heavy atom. The molecule has 254 valence electrons. The van der Waals surface area contributed by atoms with Crippen LogP contribution in [0.15, 0.2) is 48.7 Å². The van der Waals surface area contributed by atoms with Gasteiger partial charge in [-0.1, -0.05) is 39.0 Å². The number of aryl methyl sites for hydroxylation is 3. The van der Waals surface area contributed by atoms with Gasteiger partial charge in [0.25, 0.3) is 0 Å². The monoisotopic (exact) mass is 661 g/mol. The van der Waals surface area contributed by atoms with Crippen LogP contribution < -0.4 is 10.2 Å². The number of hydrogen-bond acceptors (Lipinski definition) is 6. The molecule has 1 saturated heterocycles. The summed E-state index contributed by atoms with van der Waals surface area (Å²) in [4.78, 5) is 18.9. The highest BCUT2D eigenvalue weighted by atomic mass is 28.4. The first-order valence-corrected chi connectivity index (χ1v) is 19.6. The van der Waals surface area contributed by atoms with Crippen molar-refractivity contribution in [3.63, 3.8) is 0 Å². The van der Waals surface area contributed by atoms with E-state index in [0.29, 0.717) is 6.42 Å². The van der Waals surface area contributed by atoms with E-state index in [1.807, 2.05) is 58.2 Å². The minimum Gasteiger partial charge on any atom is -0.488 e. The standard InChI is InChI=1S/C36H52BN3O6Si/c1-24-12-13-25(2)40(24)32-19-15-27(21-38-32)31(44-47(10,11)34(3,4)5)23-39(33(41)42)22-29-17-14-26-20-28(16-18-30(26)43-29)37-45-35(6,7)36(8,9)46-37/h12-13,15-16,18-21,29,31H,14,17,22-23H2,1-11H3,(H,41,42)/t29-,31+/m1/s1. The molecule has 11 heteroatoms. The molecule has 0 unspecified atom stereocenters. The van der Waals surface area contributed by atoms with Gasteiger partial charge in [0.05, 0.1) is 30.4 Å². The highest BCUT2D eigenvalue weighted by Gasteiger charge is 2.52. The van der Waals surface area contributed by atoms with Crippen LogP contribution in [0, 0.1) is 13.8 Å². The van der Waals surface area contributed by atoms with E-state index in [2.05, 4.69) is 70.5 Å². The molecule has 3 aromatic rings. The Balaban J connectivity index is 1.33. The molecule has 47 heavy (non-hydrogen) atoms. The summed E-state index contributed by atoms with van der Waals surface area (Å²) in [6.07, 6.45) is 1.55. The maximum absolute atomic E-state index is 12.7. The first kappa shape index (κ1) is 35.2. The highest BCUT2D eigenvalue weighted by molar-refractivity contribution is 6.74. The summed E-state index contributed by atoms with van der Waals surface area (Å²) < 4.78 is 27.9. The van der Waals surface area contributed by atoms with E-state index in [-0.39, 0.29) is 24.2 Å². The molecule has 2 aliphatic rings. The number of pyridine rings is 1. The Morgan fingerprint density at radius 3 is 2.28 bits per heavy atom. The van der Waals surface area contributed by atoms with Gasteiger partial charge in [0, 0.05) is 17.6 Å². The summed E-state index contributed by atoms with van der Waals surface area (Å²) >= 11 is 0. The maximum Gasteiger partial charge on any atom is 0.494 e. The van der Waals surface area contributed by atoms with Crippen LogP contribution in [0.4, 0.5) is 4.79 Å². The van der Waals surface area contributed by atoms with Crippen LogP contribution in [-0.2, 0) is 20.2 Å². The minimum atomic E-state index is -2.28. The molecular formula is C36H52BN3O6Si. The van der Waals surface area contributed by atoms with Crippen LogP contribution in [0.1, 0.15) is 83.5 Å².